The van der Waals surface area contributed by atoms with E-state index < -0.39 is 10.2 Å². The molecule has 9 nitrogen and oxygen atoms in total. The van der Waals surface area contributed by atoms with Gasteiger partial charge >= 0.3 is 0 Å². The number of rotatable bonds is 5. The van der Waals surface area contributed by atoms with Crippen LogP contribution in [0, 0.1) is 12.8 Å². The quantitative estimate of drug-likeness (QED) is 0.709. The van der Waals surface area contributed by atoms with Crippen LogP contribution in [0.5, 0.6) is 0 Å². The van der Waals surface area contributed by atoms with E-state index in [0.717, 1.165) is 12.8 Å². The summed E-state index contributed by atoms with van der Waals surface area (Å²) in [5.41, 5.74) is 0. The van der Waals surface area contributed by atoms with Crippen LogP contribution in [-0.4, -0.2) is 88.5 Å². The fourth-order valence-electron chi connectivity index (χ4n) is 3.36. The molecule has 1 amide bonds. The molecule has 0 spiro atoms. The number of carbonyl (C=O) groups excluding carboxylic acids is 1. The lowest BCUT2D eigenvalue weighted by molar-refractivity contribution is -0.132. The van der Waals surface area contributed by atoms with Crippen LogP contribution >= 0.6 is 11.8 Å². The topological polar surface area (TPSA) is 102 Å². The molecule has 3 aliphatic heterocycles. The number of piperidine rings is 1. The lowest BCUT2D eigenvalue weighted by Crippen LogP contribution is -2.49. The summed E-state index contributed by atoms with van der Waals surface area (Å²) >= 11 is 1.30. The molecule has 1 N–H and O–H groups in total. The molecule has 3 saturated heterocycles. The Morgan fingerprint density at radius 2 is 2.08 bits per heavy atom. The maximum atomic E-state index is 12.7. The second-order valence-electron chi connectivity index (χ2n) is 6.74. The van der Waals surface area contributed by atoms with Crippen LogP contribution in [0.3, 0.4) is 0 Å². The Balaban J connectivity index is 1.67. The average molecular weight is 389 g/mol. The van der Waals surface area contributed by atoms with Crippen molar-refractivity contribution in [2.75, 3.05) is 39.5 Å². The molecule has 4 rings (SSSR count). The molecule has 0 aliphatic carbocycles. The van der Waals surface area contributed by atoms with E-state index in [1.807, 2.05) is 11.8 Å². The van der Waals surface area contributed by atoms with Crippen LogP contribution in [0.2, 0.25) is 0 Å². The molecule has 4 heterocycles. The number of H-pyrrole nitrogens is 1. The number of nitrogens with zero attached hydrogens (tertiary/aromatic N) is 5. The molecule has 0 radical (unpaired) electrons. The second-order valence-corrected chi connectivity index (χ2v) is 9.83. The molecular formula is C14H24N6O3S2. The minimum Gasteiger partial charge on any atom is -0.337 e. The van der Waals surface area contributed by atoms with Gasteiger partial charge in [0.1, 0.15) is 5.82 Å². The highest BCUT2D eigenvalue weighted by Crippen LogP contribution is 2.30. The van der Waals surface area contributed by atoms with Crippen molar-refractivity contribution in [3.8, 4) is 0 Å². The van der Waals surface area contributed by atoms with Crippen LogP contribution in [0.1, 0.15) is 18.7 Å². The first-order valence-corrected chi connectivity index (χ1v) is 10.6. The number of thioether (sulfide) groups is 1. The van der Waals surface area contributed by atoms with E-state index in [2.05, 4.69) is 15.2 Å². The molecule has 0 aromatic carbocycles. The highest BCUT2D eigenvalue weighted by atomic mass is 32.2. The summed E-state index contributed by atoms with van der Waals surface area (Å²) in [7, 11) is -0.367. The summed E-state index contributed by atoms with van der Waals surface area (Å²) < 4.78 is 27.7. The Morgan fingerprint density at radius 3 is 2.72 bits per heavy atom. The van der Waals surface area contributed by atoms with E-state index in [1.54, 1.807) is 14.1 Å². The zero-order chi connectivity index (χ0) is 18.2. The van der Waals surface area contributed by atoms with Crippen LogP contribution in [-0.2, 0) is 15.0 Å². The van der Waals surface area contributed by atoms with Crippen molar-refractivity contribution in [3.63, 3.8) is 0 Å². The SMILES string of the molecule is Cc1nc(SCC(=O)N2C[C@H]3CC[C@@H]2CN(S(=O)(=O)N(C)C)C3)n[nH]1. The normalized spacial score (nSPS) is 24.7. The van der Waals surface area contributed by atoms with Gasteiger partial charge in [0.15, 0.2) is 0 Å². The molecular weight excluding hydrogens is 364 g/mol. The average Bonchev–Trinajstić information content (AvgIpc) is 2.78. The highest BCUT2D eigenvalue weighted by Gasteiger charge is 2.41. The van der Waals surface area contributed by atoms with E-state index >= 15 is 0 Å². The monoisotopic (exact) mass is 388 g/mol. The molecule has 25 heavy (non-hydrogen) atoms. The van der Waals surface area contributed by atoms with Gasteiger partial charge in [-0.3, -0.25) is 9.89 Å². The number of aromatic nitrogens is 3. The van der Waals surface area contributed by atoms with Crippen LogP contribution < -0.4 is 0 Å². The Hall–Kier alpha value is -1.17. The first kappa shape index (κ1) is 18.6. The van der Waals surface area contributed by atoms with E-state index in [-0.39, 0.29) is 23.6 Å². The fourth-order valence-corrected chi connectivity index (χ4v) is 5.31. The Morgan fingerprint density at radius 1 is 1.32 bits per heavy atom. The number of amides is 1. The number of hydrogen-bond donors (Lipinski definition) is 1. The lowest BCUT2D eigenvalue weighted by atomic mass is 9.95. The van der Waals surface area contributed by atoms with Crippen LogP contribution in [0.25, 0.3) is 0 Å². The minimum absolute atomic E-state index is 0.0197. The third kappa shape index (κ3) is 3.99. The summed E-state index contributed by atoms with van der Waals surface area (Å²) in [6, 6.07) is -0.0598. The first-order valence-electron chi connectivity index (χ1n) is 8.26. The van der Waals surface area contributed by atoms with Gasteiger partial charge in [-0.1, -0.05) is 11.8 Å². The van der Waals surface area contributed by atoms with Gasteiger partial charge < -0.3 is 4.90 Å². The van der Waals surface area contributed by atoms with Crippen molar-refractivity contribution < 1.29 is 13.2 Å². The van der Waals surface area contributed by atoms with Crippen molar-refractivity contribution in [1.82, 2.24) is 28.7 Å². The Labute approximate surface area is 152 Å². The van der Waals surface area contributed by atoms with Crippen molar-refractivity contribution in [2.24, 2.45) is 5.92 Å². The predicted molar refractivity (Wildman–Crippen MR) is 94.2 cm³/mol. The van der Waals surface area contributed by atoms with Crippen molar-refractivity contribution in [3.05, 3.63) is 5.82 Å². The van der Waals surface area contributed by atoms with Gasteiger partial charge in [-0.15, -0.1) is 5.10 Å². The van der Waals surface area contributed by atoms with Crippen LogP contribution in [0.4, 0.5) is 0 Å². The molecule has 0 unspecified atom stereocenters. The van der Waals surface area contributed by atoms with E-state index in [4.69, 9.17) is 0 Å². The van der Waals surface area contributed by atoms with Gasteiger partial charge in [-0.2, -0.15) is 17.0 Å². The largest absolute Gasteiger partial charge is 0.337 e. The van der Waals surface area contributed by atoms with E-state index in [0.29, 0.717) is 30.6 Å². The molecule has 3 aliphatic rings. The van der Waals surface area contributed by atoms with Crippen molar-refractivity contribution in [2.45, 2.75) is 31.0 Å². The summed E-state index contributed by atoms with van der Waals surface area (Å²) in [5.74, 6) is 1.19. The maximum Gasteiger partial charge on any atom is 0.281 e. The third-order valence-corrected chi connectivity index (χ3v) is 7.40. The molecule has 2 atom stereocenters. The van der Waals surface area contributed by atoms with Crippen molar-refractivity contribution in [1.29, 1.82) is 0 Å². The van der Waals surface area contributed by atoms with Gasteiger partial charge in [0.25, 0.3) is 10.2 Å². The molecule has 140 valence electrons. The van der Waals surface area contributed by atoms with E-state index in [9.17, 15) is 13.2 Å². The second kappa shape index (κ2) is 7.22. The van der Waals surface area contributed by atoms with Crippen LogP contribution in [0.15, 0.2) is 5.16 Å². The molecule has 2 bridgehead atoms. The Kier molecular flexibility index (Phi) is 5.37. The summed E-state index contributed by atoms with van der Waals surface area (Å²) in [6.07, 6.45) is 1.81. The summed E-state index contributed by atoms with van der Waals surface area (Å²) in [6.45, 7) is 3.28. The number of nitrogens with one attached hydrogen (secondary N) is 1. The first-order chi connectivity index (χ1) is 11.8. The highest BCUT2D eigenvalue weighted by molar-refractivity contribution is 7.99. The number of hydrogen-bond acceptors (Lipinski definition) is 6. The number of aromatic amines is 1. The zero-order valence-corrected chi connectivity index (χ0v) is 16.3. The zero-order valence-electron chi connectivity index (χ0n) is 14.7. The van der Waals surface area contributed by atoms with Gasteiger partial charge in [-0.25, -0.2) is 4.98 Å². The van der Waals surface area contributed by atoms with Gasteiger partial charge in [0, 0.05) is 39.8 Å². The number of aryl methyl sites for hydroxylation is 1. The standard InChI is InChI=1S/C14H24N6O3S2/c1-10-15-14(17-16-10)24-9-13(21)20-7-11-4-5-12(20)8-19(6-11)25(22,23)18(2)3/h11-12H,4-9H2,1-3H3,(H,15,16,17)/t11-,12+/m0/s1. The third-order valence-electron chi connectivity index (χ3n) is 4.69. The maximum absolute atomic E-state index is 12.7. The van der Waals surface area contributed by atoms with E-state index in [1.165, 1.54) is 20.4 Å². The summed E-state index contributed by atoms with van der Waals surface area (Å²) in [4.78, 5) is 18.7. The molecule has 3 fully saturated rings. The Bertz CT molecular complexity index is 735. The molecule has 11 heteroatoms. The molecule has 1 aromatic rings. The molecule has 0 saturated carbocycles. The number of carbonyl (C=O) groups is 1. The smallest absolute Gasteiger partial charge is 0.281 e. The van der Waals surface area contributed by atoms with Crippen molar-refractivity contribution >= 4 is 27.9 Å². The number of fused-ring (bicyclic) bond motifs is 4. The van der Waals surface area contributed by atoms with Gasteiger partial charge in [0.2, 0.25) is 11.1 Å². The summed E-state index contributed by atoms with van der Waals surface area (Å²) in [5, 5.41) is 7.34. The lowest BCUT2D eigenvalue weighted by Gasteiger charge is -2.36. The molecule has 1 aromatic heterocycles. The van der Waals surface area contributed by atoms with Gasteiger partial charge in [0.05, 0.1) is 5.75 Å². The minimum atomic E-state index is -3.45. The predicted octanol–water partition coefficient (Wildman–Crippen LogP) is -0.0656. The fraction of sp³-hybridized carbons (Fsp3) is 0.786. The van der Waals surface area contributed by atoms with Gasteiger partial charge in [-0.05, 0) is 25.7 Å².